The molecule has 1 aliphatic heterocycles. The van der Waals surface area contributed by atoms with Crippen LogP contribution in [0.25, 0.3) is 0 Å². The third-order valence-corrected chi connectivity index (χ3v) is 3.23. The van der Waals surface area contributed by atoms with E-state index in [1.165, 1.54) is 0 Å². The van der Waals surface area contributed by atoms with Gasteiger partial charge < -0.3 is 5.32 Å². The van der Waals surface area contributed by atoms with Crippen molar-refractivity contribution >= 4 is 0 Å². The summed E-state index contributed by atoms with van der Waals surface area (Å²) in [6.07, 6.45) is 1.57. The van der Waals surface area contributed by atoms with Crippen LogP contribution in [0.4, 0.5) is 4.39 Å². The average Bonchev–Trinajstić information content (AvgIpc) is 2.12. The molecule has 0 bridgehead atoms. The van der Waals surface area contributed by atoms with E-state index in [4.69, 9.17) is 0 Å². The predicted octanol–water partition coefficient (Wildman–Crippen LogP) is 2.20. The van der Waals surface area contributed by atoms with Gasteiger partial charge in [-0.2, -0.15) is 0 Å². The average molecular weight is 216 g/mol. The number of piperidine rings is 1. The number of nitrogens with zero attached hydrogens (tertiary/aromatic N) is 1. The molecule has 4 atom stereocenters. The van der Waals surface area contributed by atoms with E-state index in [0.717, 1.165) is 19.4 Å². The number of hydrogen-bond donors (Lipinski definition) is 1. The first-order valence-corrected chi connectivity index (χ1v) is 6.17. The summed E-state index contributed by atoms with van der Waals surface area (Å²) in [4.78, 5) is 2.29. The molecule has 0 spiro atoms. The molecule has 1 saturated heterocycles. The Kier molecular flexibility index (Phi) is 5.00. The number of nitrogens with one attached hydrogen (secondary N) is 1. The second kappa shape index (κ2) is 5.80. The van der Waals surface area contributed by atoms with Crippen LogP contribution >= 0.6 is 0 Å². The molecule has 3 unspecified atom stereocenters. The van der Waals surface area contributed by atoms with Crippen molar-refractivity contribution in [2.24, 2.45) is 0 Å². The van der Waals surface area contributed by atoms with Crippen LogP contribution < -0.4 is 5.32 Å². The lowest BCUT2D eigenvalue weighted by molar-refractivity contribution is 0.108. The molecule has 90 valence electrons. The van der Waals surface area contributed by atoms with E-state index in [1.54, 1.807) is 6.92 Å². The molecule has 3 heteroatoms. The summed E-state index contributed by atoms with van der Waals surface area (Å²) < 4.78 is 13.0. The highest BCUT2D eigenvalue weighted by Gasteiger charge is 2.27. The number of halogens is 1. The summed E-state index contributed by atoms with van der Waals surface area (Å²) in [6, 6.07) is 1.67. The Labute approximate surface area is 93.2 Å². The summed E-state index contributed by atoms with van der Waals surface area (Å²) in [5.41, 5.74) is 0. The lowest BCUT2D eigenvalue weighted by atomic mass is 9.94. The zero-order valence-corrected chi connectivity index (χ0v) is 10.5. The van der Waals surface area contributed by atoms with Gasteiger partial charge in [-0.1, -0.05) is 6.92 Å². The second-order valence-corrected chi connectivity index (χ2v) is 4.96. The first-order valence-electron chi connectivity index (χ1n) is 6.17. The molecule has 0 radical (unpaired) electrons. The summed E-state index contributed by atoms with van der Waals surface area (Å²) >= 11 is 0. The molecule has 0 aliphatic carbocycles. The van der Waals surface area contributed by atoms with Gasteiger partial charge in [0, 0.05) is 24.7 Å². The molecule has 1 N–H and O–H groups in total. The Hall–Kier alpha value is -0.150. The molecule has 0 aromatic carbocycles. The highest BCUT2D eigenvalue weighted by atomic mass is 19.1. The molecule has 0 amide bonds. The number of alkyl halides is 1. The molecule has 0 saturated carbocycles. The Morgan fingerprint density at radius 3 is 2.27 bits per heavy atom. The summed E-state index contributed by atoms with van der Waals surface area (Å²) in [5, 5.41) is 3.52. The van der Waals surface area contributed by atoms with Crippen molar-refractivity contribution in [2.45, 2.75) is 64.8 Å². The zero-order chi connectivity index (χ0) is 11.4. The zero-order valence-electron chi connectivity index (χ0n) is 10.5. The van der Waals surface area contributed by atoms with E-state index in [-0.39, 0.29) is 0 Å². The molecule has 2 nitrogen and oxygen atoms in total. The lowest BCUT2D eigenvalue weighted by Gasteiger charge is -2.39. The van der Waals surface area contributed by atoms with Crippen LogP contribution in [0.5, 0.6) is 0 Å². The molecule has 1 rings (SSSR count). The van der Waals surface area contributed by atoms with Gasteiger partial charge >= 0.3 is 0 Å². The van der Waals surface area contributed by atoms with Crippen LogP contribution in [0.3, 0.4) is 0 Å². The molecule has 1 fully saturated rings. The second-order valence-electron chi connectivity index (χ2n) is 4.96. The fourth-order valence-corrected chi connectivity index (χ4v) is 2.69. The van der Waals surface area contributed by atoms with Gasteiger partial charge in [-0.15, -0.1) is 0 Å². The van der Waals surface area contributed by atoms with Crippen molar-refractivity contribution in [3.8, 4) is 0 Å². The summed E-state index contributed by atoms with van der Waals surface area (Å²) in [5.74, 6) is 0. The minimum Gasteiger partial charge on any atom is -0.312 e. The molecule has 15 heavy (non-hydrogen) atoms. The molecule has 0 aromatic heterocycles. The minimum absolute atomic E-state index is 0.555. The van der Waals surface area contributed by atoms with Gasteiger partial charge in [-0.3, -0.25) is 4.90 Å². The number of rotatable bonds is 4. The van der Waals surface area contributed by atoms with Gasteiger partial charge in [0.05, 0.1) is 0 Å². The Balaban J connectivity index is 2.51. The number of hydrogen-bond acceptors (Lipinski definition) is 2. The normalized spacial score (nSPS) is 34.4. The van der Waals surface area contributed by atoms with E-state index in [1.807, 2.05) is 0 Å². The van der Waals surface area contributed by atoms with E-state index < -0.39 is 6.17 Å². The maximum atomic E-state index is 13.0. The maximum Gasteiger partial charge on any atom is 0.110 e. The Morgan fingerprint density at radius 2 is 1.87 bits per heavy atom. The summed E-state index contributed by atoms with van der Waals surface area (Å²) in [7, 11) is 0. The fraction of sp³-hybridized carbons (Fsp3) is 1.00. The summed E-state index contributed by atoms with van der Waals surface area (Å²) in [6.45, 7) is 9.75. The van der Waals surface area contributed by atoms with Crippen molar-refractivity contribution in [2.75, 3.05) is 13.1 Å². The van der Waals surface area contributed by atoms with Crippen LogP contribution in [-0.4, -0.2) is 42.3 Å². The lowest BCUT2D eigenvalue weighted by Crippen LogP contribution is -2.51. The standard InChI is InChI=1S/C12H25FN2/c1-5-15(8-9(2)13)12-6-10(3)14-11(4)7-12/h9-12,14H,5-8H2,1-4H3/t9?,10-,11?,12?/m1/s1. The van der Waals surface area contributed by atoms with Crippen LogP contribution in [0, 0.1) is 0 Å². The monoisotopic (exact) mass is 216 g/mol. The van der Waals surface area contributed by atoms with Crippen LogP contribution in [-0.2, 0) is 0 Å². The minimum atomic E-state index is -0.717. The largest absolute Gasteiger partial charge is 0.312 e. The van der Waals surface area contributed by atoms with Gasteiger partial charge in [0.25, 0.3) is 0 Å². The highest BCUT2D eigenvalue weighted by Crippen LogP contribution is 2.19. The molecule has 1 aliphatic rings. The first-order chi connectivity index (χ1) is 7.02. The van der Waals surface area contributed by atoms with Crippen LogP contribution in [0.15, 0.2) is 0 Å². The van der Waals surface area contributed by atoms with Gasteiger partial charge in [0.1, 0.15) is 6.17 Å². The van der Waals surface area contributed by atoms with Crippen molar-refractivity contribution in [3.63, 3.8) is 0 Å². The van der Waals surface area contributed by atoms with Crippen molar-refractivity contribution in [3.05, 3.63) is 0 Å². The highest BCUT2D eigenvalue weighted by molar-refractivity contribution is 4.86. The smallest absolute Gasteiger partial charge is 0.110 e. The van der Waals surface area contributed by atoms with E-state index in [2.05, 4.69) is 31.0 Å². The van der Waals surface area contributed by atoms with E-state index in [0.29, 0.717) is 24.7 Å². The first kappa shape index (κ1) is 12.9. The Morgan fingerprint density at radius 1 is 1.33 bits per heavy atom. The van der Waals surface area contributed by atoms with Gasteiger partial charge in [0.15, 0.2) is 0 Å². The van der Waals surface area contributed by atoms with E-state index >= 15 is 0 Å². The van der Waals surface area contributed by atoms with E-state index in [9.17, 15) is 4.39 Å². The predicted molar refractivity (Wildman–Crippen MR) is 62.9 cm³/mol. The van der Waals surface area contributed by atoms with Crippen LogP contribution in [0.1, 0.15) is 40.5 Å². The van der Waals surface area contributed by atoms with Crippen molar-refractivity contribution in [1.29, 1.82) is 0 Å². The van der Waals surface area contributed by atoms with Gasteiger partial charge in [0.2, 0.25) is 0 Å². The molecular formula is C12H25FN2. The van der Waals surface area contributed by atoms with Gasteiger partial charge in [-0.05, 0) is 40.2 Å². The van der Waals surface area contributed by atoms with Gasteiger partial charge in [-0.25, -0.2) is 4.39 Å². The SMILES string of the molecule is CCN(CC(C)F)C1CC(C)N[C@H](C)C1. The molecule has 0 aromatic rings. The third-order valence-electron chi connectivity index (χ3n) is 3.23. The fourth-order valence-electron chi connectivity index (χ4n) is 2.69. The Bertz CT molecular complexity index is 174. The third kappa shape index (κ3) is 4.07. The van der Waals surface area contributed by atoms with Crippen molar-refractivity contribution < 1.29 is 4.39 Å². The maximum absolute atomic E-state index is 13.0. The van der Waals surface area contributed by atoms with Crippen LogP contribution in [0.2, 0.25) is 0 Å². The van der Waals surface area contributed by atoms with Crippen molar-refractivity contribution in [1.82, 2.24) is 10.2 Å². The molecular weight excluding hydrogens is 191 g/mol. The topological polar surface area (TPSA) is 15.3 Å². The quantitative estimate of drug-likeness (QED) is 0.775. The molecule has 1 heterocycles.